The smallest absolute Gasteiger partial charge is 0.323 e. The quantitative estimate of drug-likeness (QED) is 0.858. The van der Waals surface area contributed by atoms with Gasteiger partial charge in [-0.25, -0.2) is 4.39 Å². The lowest BCUT2D eigenvalue weighted by molar-refractivity contribution is -0.145. The normalized spacial score (nSPS) is 17.3. The zero-order valence-corrected chi connectivity index (χ0v) is 14.9. The Morgan fingerprint density at radius 2 is 2.04 bits per heavy atom. The molecular weight excluding hydrogens is 343 g/mol. The Bertz CT molecular complexity index is 694. The van der Waals surface area contributed by atoms with Crippen LogP contribution in [0.4, 0.5) is 4.39 Å². The molecule has 0 saturated carbocycles. The highest BCUT2D eigenvalue weighted by atomic mass is 19.1. The van der Waals surface area contributed by atoms with Crippen molar-refractivity contribution in [3.8, 4) is 5.75 Å². The molecule has 0 aliphatic carbocycles. The number of rotatable bonds is 5. The molecule has 1 N–H and O–H groups in total. The van der Waals surface area contributed by atoms with E-state index in [4.69, 9.17) is 9.84 Å². The van der Waals surface area contributed by atoms with Crippen LogP contribution in [0, 0.1) is 5.82 Å². The molecule has 26 heavy (non-hydrogen) atoms. The van der Waals surface area contributed by atoms with Crippen molar-refractivity contribution in [1.29, 1.82) is 0 Å². The van der Waals surface area contributed by atoms with Crippen molar-refractivity contribution in [3.05, 3.63) is 29.6 Å². The highest BCUT2D eigenvalue weighted by molar-refractivity contribution is 5.94. The van der Waals surface area contributed by atoms with E-state index in [2.05, 4.69) is 0 Å². The molecule has 0 spiro atoms. The van der Waals surface area contributed by atoms with Gasteiger partial charge in [0.15, 0.2) is 0 Å². The fourth-order valence-electron chi connectivity index (χ4n) is 3.20. The van der Waals surface area contributed by atoms with E-state index in [1.165, 1.54) is 31.1 Å². The van der Waals surface area contributed by atoms with Gasteiger partial charge in [0.25, 0.3) is 5.91 Å². The molecule has 1 fully saturated rings. The molecule has 1 aromatic rings. The summed E-state index contributed by atoms with van der Waals surface area (Å²) in [4.78, 5) is 38.2. The standard InChI is InChI=1S/C18H23FN2O5/c1-12(22)21(11-17(23)24)13-4-3-8-20(9-7-13)18(25)15-6-5-14(26-2)10-16(15)19/h5-6,10,13H,3-4,7-9,11H2,1-2H3,(H,23,24)/t13-/m0/s1. The van der Waals surface area contributed by atoms with Gasteiger partial charge in [-0.05, 0) is 31.4 Å². The van der Waals surface area contributed by atoms with Gasteiger partial charge in [0.05, 0.1) is 12.7 Å². The van der Waals surface area contributed by atoms with Crippen LogP contribution in [-0.4, -0.2) is 65.5 Å². The lowest BCUT2D eigenvalue weighted by Gasteiger charge is -2.28. The van der Waals surface area contributed by atoms with Crippen molar-refractivity contribution in [2.45, 2.75) is 32.2 Å². The minimum Gasteiger partial charge on any atom is -0.497 e. The molecule has 8 heteroatoms. The number of aliphatic carboxylic acids is 1. The lowest BCUT2D eigenvalue weighted by atomic mass is 10.1. The van der Waals surface area contributed by atoms with Gasteiger partial charge < -0.3 is 19.6 Å². The van der Waals surface area contributed by atoms with Gasteiger partial charge in [-0.15, -0.1) is 0 Å². The first-order valence-electron chi connectivity index (χ1n) is 8.45. The van der Waals surface area contributed by atoms with E-state index in [-0.39, 0.29) is 24.1 Å². The Hall–Kier alpha value is -2.64. The summed E-state index contributed by atoms with van der Waals surface area (Å²) in [7, 11) is 1.42. The van der Waals surface area contributed by atoms with Gasteiger partial charge in [0, 0.05) is 32.1 Å². The van der Waals surface area contributed by atoms with Crippen molar-refractivity contribution in [3.63, 3.8) is 0 Å². The van der Waals surface area contributed by atoms with Crippen LogP contribution in [-0.2, 0) is 9.59 Å². The minimum absolute atomic E-state index is 0.0294. The van der Waals surface area contributed by atoms with Crippen LogP contribution in [0.3, 0.4) is 0 Å². The number of amides is 2. The molecule has 142 valence electrons. The summed E-state index contributed by atoms with van der Waals surface area (Å²) >= 11 is 0. The molecule has 1 aromatic carbocycles. The summed E-state index contributed by atoms with van der Waals surface area (Å²) in [6, 6.07) is 3.84. The van der Waals surface area contributed by atoms with Crippen LogP contribution in [0.5, 0.6) is 5.75 Å². The van der Waals surface area contributed by atoms with Crippen molar-refractivity contribution in [1.82, 2.24) is 9.80 Å². The third-order valence-corrected chi connectivity index (χ3v) is 4.54. The predicted molar refractivity (Wildman–Crippen MR) is 91.5 cm³/mol. The first-order valence-corrected chi connectivity index (χ1v) is 8.45. The maximum Gasteiger partial charge on any atom is 0.323 e. The van der Waals surface area contributed by atoms with Crippen LogP contribution in [0.2, 0.25) is 0 Å². The van der Waals surface area contributed by atoms with E-state index in [0.29, 0.717) is 38.1 Å². The monoisotopic (exact) mass is 366 g/mol. The number of carbonyl (C=O) groups is 3. The third-order valence-electron chi connectivity index (χ3n) is 4.54. The SMILES string of the molecule is COc1ccc(C(=O)N2CCC[C@H](N(CC(=O)O)C(C)=O)CC2)c(F)c1. The summed E-state index contributed by atoms with van der Waals surface area (Å²) in [5.74, 6) is -2.11. The fourth-order valence-corrected chi connectivity index (χ4v) is 3.20. The van der Waals surface area contributed by atoms with Crippen LogP contribution in [0.1, 0.15) is 36.5 Å². The molecule has 0 radical (unpaired) electrons. The topological polar surface area (TPSA) is 87.2 Å². The predicted octanol–water partition coefficient (Wildman–Crippen LogP) is 1.76. The Kier molecular flexibility index (Phi) is 6.54. The van der Waals surface area contributed by atoms with Gasteiger partial charge in [-0.2, -0.15) is 0 Å². The number of benzene rings is 1. The number of hydrogen-bond acceptors (Lipinski definition) is 4. The van der Waals surface area contributed by atoms with Gasteiger partial charge in [0.2, 0.25) is 5.91 Å². The number of carboxylic acids is 1. The number of methoxy groups -OCH3 is 1. The molecule has 2 amide bonds. The number of halogens is 1. The van der Waals surface area contributed by atoms with Gasteiger partial charge in [-0.3, -0.25) is 14.4 Å². The zero-order valence-electron chi connectivity index (χ0n) is 14.9. The molecule has 1 aliphatic heterocycles. The number of carboxylic acid groups (broad SMARTS) is 1. The van der Waals surface area contributed by atoms with Crippen LogP contribution < -0.4 is 4.74 Å². The van der Waals surface area contributed by atoms with Crippen LogP contribution >= 0.6 is 0 Å². The lowest BCUT2D eigenvalue weighted by Crippen LogP contribution is -2.43. The second-order valence-electron chi connectivity index (χ2n) is 6.26. The molecule has 7 nitrogen and oxygen atoms in total. The molecule has 1 aliphatic rings. The number of nitrogens with zero attached hydrogens (tertiary/aromatic N) is 2. The summed E-state index contributed by atoms with van der Waals surface area (Å²) in [6.07, 6.45) is 1.66. The van der Waals surface area contributed by atoms with Gasteiger partial charge in [0.1, 0.15) is 18.1 Å². The zero-order chi connectivity index (χ0) is 19.3. The number of ether oxygens (including phenoxy) is 1. The number of carbonyl (C=O) groups excluding carboxylic acids is 2. The molecular formula is C18H23FN2O5. The number of hydrogen-bond donors (Lipinski definition) is 1. The van der Waals surface area contributed by atoms with Gasteiger partial charge >= 0.3 is 5.97 Å². The number of likely N-dealkylation sites (tertiary alicyclic amines) is 1. The fraction of sp³-hybridized carbons (Fsp3) is 0.500. The molecule has 2 rings (SSSR count). The largest absolute Gasteiger partial charge is 0.497 e. The second-order valence-corrected chi connectivity index (χ2v) is 6.26. The van der Waals surface area contributed by atoms with Crippen molar-refractivity contribution >= 4 is 17.8 Å². The highest BCUT2D eigenvalue weighted by Crippen LogP contribution is 2.21. The summed E-state index contributed by atoms with van der Waals surface area (Å²) in [5, 5.41) is 8.99. The molecule has 0 bridgehead atoms. The van der Waals surface area contributed by atoms with E-state index in [1.807, 2.05) is 0 Å². The first-order chi connectivity index (χ1) is 12.3. The Balaban J connectivity index is 2.08. The van der Waals surface area contributed by atoms with Crippen molar-refractivity contribution < 1.29 is 28.6 Å². The average molecular weight is 366 g/mol. The first kappa shape index (κ1) is 19.7. The minimum atomic E-state index is -1.07. The van der Waals surface area contributed by atoms with Crippen molar-refractivity contribution in [2.75, 3.05) is 26.7 Å². The van der Waals surface area contributed by atoms with E-state index in [0.717, 1.165) is 6.07 Å². The summed E-state index contributed by atoms with van der Waals surface area (Å²) < 4.78 is 19.1. The van der Waals surface area contributed by atoms with E-state index < -0.39 is 17.7 Å². The average Bonchev–Trinajstić information content (AvgIpc) is 2.84. The van der Waals surface area contributed by atoms with E-state index >= 15 is 0 Å². The molecule has 0 unspecified atom stereocenters. The highest BCUT2D eigenvalue weighted by Gasteiger charge is 2.28. The van der Waals surface area contributed by atoms with Crippen molar-refractivity contribution in [2.24, 2.45) is 0 Å². The third kappa shape index (κ3) is 4.71. The Morgan fingerprint density at radius 1 is 1.31 bits per heavy atom. The molecule has 1 atom stereocenters. The van der Waals surface area contributed by atoms with E-state index in [9.17, 15) is 18.8 Å². The van der Waals surface area contributed by atoms with Gasteiger partial charge in [-0.1, -0.05) is 0 Å². The summed E-state index contributed by atoms with van der Waals surface area (Å²) in [6.45, 7) is 1.74. The van der Waals surface area contributed by atoms with Crippen LogP contribution in [0.25, 0.3) is 0 Å². The Labute approximate surface area is 151 Å². The Morgan fingerprint density at radius 3 is 2.62 bits per heavy atom. The summed E-state index contributed by atoms with van der Waals surface area (Å²) in [5.41, 5.74) is -0.0294. The second kappa shape index (κ2) is 8.64. The maximum absolute atomic E-state index is 14.2. The van der Waals surface area contributed by atoms with Crippen LogP contribution in [0.15, 0.2) is 18.2 Å². The molecule has 1 heterocycles. The molecule has 0 aromatic heterocycles. The molecule has 1 saturated heterocycles. The van der Waals surface area contributed by atoms with E-state index in [1.54, 1.807) is 4.90 Å². The maximum atomic E-state index is 14.2.